The van der Waals surface area contributed by atoms with E-state index in [2.05, 4.69) is 9.97 Å². The number of hydrogen-bond donors (Lipinski definition) is 2. The number of hydrogen-bond acceptors (Lipinski definition) is 4. The van der Waals surface area contributed by atoms with E-state index >= 15 is 0 Å². The lowest BCUT2D eigenvalue weighted by Gasteiger charge is -2.30. The van der Waals surface area contributed by atoms with Crippen LogP contribution in [0.3, 0.4) is 0 Å². The number of nitrogens with two attached hydrogens (primary N) is 1. The molecule has 5 rings (SSSR count). The Hall–Kier alpha value is -2.84. The van der Waals surface area contributed by atoms with Crippen molar-refractivity contribution in [2.24, 2.45) is 25.7 Å². The summed E-state index contributed by atoms with van der Waals surface area (Å²) in [5, 5.41) is 1.47. The van der Waals surface area contributed by atoms with Crippen LogP contribution < -0.4 is 17.0 Å². The summed E-state index contributed by atoms with van der Waals surface area (Å²) in [6.07, 6.45) is 3.30. The quantitative estimate of drug-likeness (QED) is 0.523. The minimum absolute atomic E-state index is 0.113. The molecule has 3 aromatic heterocycles. The van der Waals surface area contributed by atoms with Gasteiger partial charge in [-0.25, -0.2) is 9.78 Å². The molecule has 0 bridgehead atoms. The molecule has 1 aliphatic carbocycles. The average Bonchev–Trinajstić information content (AvgIpc) is 3.24. The third-order valence-electron chi connectivity index (χ3n) is 6.35. The molecule has 0 spiro atoms. The molecule has 1 aromatic carbocycles. The predicted octanol–water partition coefficient (Wildman–Crippen LogP) is 2.42. The van der Waals surface area contributed by atoms with Crippen LogP contribution in [-0.2, 0) is 20.6 Å². The van der Waals surface area contributed by atoms with Crippen LogP contribution in [-0.4, -0.2) is 23.7 Å². The Bertz CT molecular complexity index is 1410. The second-order valence-electron chi connectivity index (χ2n) is 8.15. The lowest BCUT2D eigenvalue weighted by Crippen LogP contribution is -2.40. The van der Waals surface area contributed by atoms with Crippen LogP contribution in [0.4, 0.5) is 0 Å². The molecule has 8 nitrogen and oxygen atoms in total. The molecule has 1 atom stereocenters. The van der Waals surface area contributed by atoms with Gasteiger partial charge in [0, 0.05) is 35.7 Å². The number of aryl methyl sites for hydroxylation is 2. The Kier molecular flexibility index (Phi) is 4.37. The number of benzene rings is 1. The van der Waals surface area contributed by atoms with Gasteiger partial charge in [-0.1, -0.05) is 24.1 Å². The number of nitrogens with one attached hydrogen (secondary N) is 1. The number of H-pyrrole nitrogens is 1. The van der Waals surface area contributed by atoms with Crippen LogP contribution in [0.2, 0.25) is 5.02 Å². The number of nitrogens with zero attached hydrogens (tertiary/aromatic N) is 4. The van der Waals surface area contributed by atoms with Gasteiger partial charge < -0.3 is 15.3 Å². The molecule has 0 aliphatic heterocycles. The molecular weight excluding hydrogens is 404 g/mol. The maximum absolute atomic E-state index is 13.3. The monoisotopic (exact) mass is 426 g/mol. The van der Waals surface area contributed by atoms with Crippen LogP contribution in [0.15, 0.2) is 33.9 Å². The summed E-state index contributed by atoms with van der Waals surface area (Å²) in [5.74, 6) is 1.02. The van der Waals surface area contributed by atoms with Crippen LogP contribution in [0.25, 0.3) is 22.1 Å². The van der Waals surface area contributed by atoms with E-state index in [4.69, 9.17) is 17.3 Å². The highest BCUT2D eigenvalue weighted by Crippen LogP contribution is 2.36. The number of aromatic nitrogens is 5. The molecule has 3 heterocycles. The SMILES string of the molecule is Cn1c(C(N)C2CCC2)nc2c1c(=O)n(Cc1cc3c(Cl)cccc3[nH]1)c(=O)n2C. The summed E-state index contributed by atoms with van der Waals surface area (Å²) in [4.78, 5) is 34.1. The first kappa shape index (κ1) is 19.1. The van der Waals surface area contributed by atoms with Gasteiger partial charge in [-0.3, -0.25) is 13.9 Å². The molecule has 1 aliphatic rings. The highest BCUT2D eigenvalue weighted by Gasteiger charge is 2.30. The van der Waals surface area contributed by atoms with Crippen molar-refractivity contribution < 1.29 is 0 Å². The van der Waals surface area contributed by atoms with E-state index in [-0.39, 0.29) is 18.1 Å². The van der Waals surface area contributed by atoms with E-state index in [9.17, 15) is 9.59 Å². The maximum Gasteiger partial charge on any atom is 0.332 e. The summed E-state index contributed by atoms with van der Waals surface area (Å²) >= 11 is 6.26. The standard InChI is InChI=1S/C21H23ClN6O2/c1-26-17-19(25-18(26)16(23)11-5-3-6-11)27(2)21(30)28(20(17)29)10-12-9-13-14(22)7-4-8-15(13)24-12/h4,7-9,11,16,24H,3,5-6,10,23H2,1-2H3. The van der Waals surface area contributed by atoms with Crippen LogP contribution in [0, 0.1) is 5.92 Å². The number of rotatable bonds is 4. The molecule has 1 unspecified atom stereocenters. The molecule has 0 saturated heterocycles. The van der Waals surface area contributed by atoms with E-state index in [1.165, 1.54) is 15.6 Å². The Labute approximate surface area is 176 Å². The first-order chi connectivity index (χ1) is 14.4. The van der Waals surface area contributed by atoms with E-state index in [0.29, 0.717) is 27.9 Å². The number of fused-ring (bicyclic) bond motifs is 2. The molecular formula is C21H23ClN6O2. The third-order valence-corrected chi connectivity index (χ3v) is 6.68. The van der Waals surface area contributed by atoms with Crippen molar-refractivity contribution in [3.63, 3.8) is 0 Å². The first-order valence-electron chi connectivity index (χ1n) is 10.0. The molecule has 30 heavy (non-hydrogen) atoms. The minimum atomic E-state index is -0.417. The van der Waals surface area contributed by atoms with E-state index in [1.54, 1.807) is 24.7 Å². The first-order valence-corrected chi connectivity index (χ1v) is 10.4. The molecule has 1 fully saturated rings. The van der Waals surface area contributed by atoms with Gasteiger partial charge in [-0.2, -0.15) is 0 Å². The Morgan fingerprint density at radius 2 is 2.03 bits per heavy atom. The Balaban J connectivity index is 1.65. The minimum Gasteiger partial charge on any atom is -0.357 e. The lowest BCUT2D eigenvalue weighted by molar-refractivity contribution is 0.255. The summed E-state index contributed by atoms with van der Waals surface area (Å²) in [7, 11) is 3.43. The topological polar surface area (TPSA) is 104 Å². The van der Waals surface area contributed by atoms with Crippen LogP contribution >= 0.6 is 11.6 Å². The number of halogens is 1. The summed E-state index contributed by atoms with van der Waals surface area (Å²) < 4.78 is 4.39. The van der Waals surface area contributed by atoms with Crippen molar-refractivity contribution in [3.8, 4) is 0 Å². The molecule has 3 N–H and O–H groups in total. The zero-order valence-corrected chi connectivity index (χ0v) is 17.6. The second kappa shape index (κ2) is 6.85. The largest absolute Gasteiger partial charge is 0.357 e. The van der Waals surface area contributed by atoms with Crippen molar-refractivity contribution in [1.82, 2.24) is 23.7 Å². The predicted molar refractivity (Wildman–Crippen MR) is 117 cm³/mol. The van der Waals surface area contributed by atoms with Gasteiger partial charge in [0.05, 0.1) is 12.6 Å². The van der Waals surface area contributed by atoms with Gasteiger partial charge in [0.25, 0.3) is 5.56 Å². The Morgan fingerprint density at radius 1 is 1.27 bits per heavy atom. The molecule has 4 aromatic rings. The lowest BCUT2D eigenvalue weighted by atomic mass is 9.80. The highest BCUT2D eigenvalue weighted by atomic mass is 35.5. The van der Waals surface area contributed by atoms with Crippen molar-refractivity contribution >= 4 is 33.7 Å². The van der Waals surface area contributed by atoms with E-state index in [0.717, 1.165) is 29.4 Å². The maximum atomic E-state index is 13.3. The Morgan fingerprint density at radius 3 is 2.70 bits per heavy atom. The highest BCUT2D eigenvalue weighted by molar-refractivity contribution is 6.35. The molecule has 1 saturated carbocycles. The number of aromatic amines is 1. The molecule has 9 heteroatoms. The zero-order valence-electron chi connectivity index (χ0n) is 16.9. The van der Waals surface area contributed by atoms with Gasteiger partial charge in [-0.05, 0) is 37.0 Å². The smallest absolute Gasteiger partial charge is 0.332 e. The third kappa shape index (κ3) is 2.74. The fraction of sp³-hybridized carbons (Fsp3) is 0.381. The summed E-state index contributed by atoms with van der Waals surface area (Å²) in [5.41, 5.74) is 7.97. The van der Waals surface area contributed by atoms with Crippen molar-refractivity contribution in [2.45, 2.75) is 31.8 Å². The van der Waals surface area contributed by atoms with E-state index in [1.807, 2.05) is 18.2 Å². The summed E-state index contributed by atoms with van der Waals surface area (Å²) in [6, 6.07) is 7.19. The van der Waals surface area contributed by atoms with Crippen molar-refractivity contribution in [2.75, 3.05) is 0 Å². The second-order valence-corrected chi connectivity index (χ2v) is 8.55. The van der Waals surface area contributed by atoms with Gasteiger partial charge in [0.15, 0.2) is 11.2 Å². The van der Waals surface area contributed by atoms with Crippen LogP contribution in [0.1, 0.15) is 36.8 Å². The molecule has 156 valence electrons. The molecule has 0 radical (unpaired) electrons. The summed E-state index contributed by atoms with van der Waals surface area (Å²) in [6.45, 7) is 0.113. The molecule has 0 amide bonds. The van der Waals surface area contributed by atoms with Crippen molar-refractivity contribution in [3.05, 3.63) is 61.6 Å². The zero-order chi connectivity index (χ0) is 21.2. The fourth-order valence-electron chi connectivity index (χ4n) is 4.34. The fourth-order valence-corrected chi connectivity index (χ4v) is 4.57. The van der Waals surface area contributed by atoms with Crippen molar-refractivity contribution in [1.29, 1.82) is 0 Å². The van der Waals surface area contributed by atoms with Gasteiger partial charge in [0.2, 0.25) is 0 Å². The van der Waals surface area contributed by atoms with Gasteiger partial charge in [-0.15, -0.1) is 0 Å². The number of imidazole rings is 1. The van der Waals surface area contributed by atoms with Crippen LogP contribution in [0.5, 0.6) is 0 Å². The average molecular weight is 427 g/mol. The normalized spacial score (nSPS) is 15.7. The van der Waals surface area contributed by atoms with Gasteiger partial charge >= 0.3 is 5.69 Å². The van der Waals surface area contributed by atoms with Gasteiger partial charge in [0.1, 0.15) is 5.82 Å². The van der Waals surface area contributed by atoms with E-state index < -0.39 is 5.69 Å².